The summed E-state index contributed by atoms with van der Waals surface area (Å²) in [6, 6.07) is 2.08. The van der Waals surface area contributed by atoms with Gasteiger partial charge in [-0.2, -0.15) is 4.98 Å². The normalized spacial score (nSPS) is 12.6. The Labute approximate surface area is 119 Å². The number of rotatable bonds is 6. The van der Waals surface area contributed by atoms with E-state index in [4.69, 9.17) is 0 Å². The molecule has 1 atom stereocenters. The summed E-state index contributed by atoms with van der Waals surface area (Å²) in [5.74, 6) is 2.07. The highest BCUT2D eigenvalue weighted by Crippen LogP contribution is 2.29. The lowest BCUT2D eigenvalue weighted by Gasteiger charge is -2.08. The van der Waals surface area contributed by atoms with Crippen LogP contribution in [0.1, 0.15) is 11.8 Å². The fourth-order valence-electron chi connectivity index (χ4n) is 1.73. The SMILES string of the molecule is CCNc1nc(NCCS(C)=O)c2cc(C)sc2n1. The van der Waals surface area contributed by atoms with Crippen molar-refractivity contribution in [1.82, 2.24) is 9.97 Å². The van der Waals surface area contributed by atoms with Gasteiger partial charge in [0, 0.05) is 40.8 Å². The van der Waals surface area contributed by atoms with Gasteiger partial charge in [-0.3, -0.25) is 4.21 Å². The predicted octanol–water partition coefficient (Wildman–Crippen LogP) is 2.22. The largest absolute Gasteiger partial charge is 0.368 e. The fourth-order valence-corrected chi connectivity index (χ4v) is 3.00. The second-order valence-corrected chi connectivity index (χ2v) is 7.00. The molecule has 5 nitrogen and oxygen atoms in total. The van der Waals surface area contributed by atoms with Crippen LogP contribution in [0.25, 0.3) is 10.2 Å². The molecule has 0 fully saturated rings. The number of fused-ring (bicyclic) bond motifs is 1. The van der Waals surface area contributed by atoms with Crippen LogP contribution in [0.5, 0.6) is 0 Å². The zero-order valence-corrected chi connectivity index (χ0v) is 13.0. The Morgan fingerprint density at radius 2 is 2.16 bits per heavy atom. The summed E-state index contributed by atoms with van der Waals surface area (Å²) in [6.07, 6.45) is 1.70. The number of nitrogens with zero attached hydrogens (tertiary/aromatic N) is 2. The quantitative estimate of drug-likeness (QED) is 0.856. The molecule has 0 radical (unpaired) electrons. The van der Waals surface area contributed by atoms with Gasteiger partial charge in [0.2, 0.25) is 5.95 Å². The van der Waals surface area contributed by atoms with Gasteiger partial charge in [-0.25, -0.2) is 4.98 Å². The van der Waals surface area contributed by atoms with Crippen LogP contribution in [-0.2, 0) is 10.8 Å². The van der Waals surface area contributed by atoms with Crippen molar-refractivity contribution in [2.75, 3.05) is 35.7 Å². The first kappa shape index (κ1) is 14.2. The Morgan fingerprint density at radius 1 is 1.37 bits per heavy atom. The standard InChI is InChI=1S/C12H18N4OS2/c1-4-13-12-15-10(14-5-6-19(3)17)9-7-8(2)18-11(9)16-12/h7H,4-6H2,1-3H3,(H2,13,14,15,16). The number of aryl methyl sites for hydroxylation is 1. The second kappa shape index (κ2) is 6.29. The molecule has 0 amide bonds. The van der Waals surface area contributed by atoms with E-state index in [9.17, 15) is 4.21 Å². The van der Waals surface area contributed by atoms with E-state index in [1.54, 1.807) is 17.6 Å². The molecule has 2 aromatic heterocycles. The molecule has 2 N–H and O–H groups in total. The summed E-state index contributed by atoms with van der Waals surface area (Å²) in [4.78, 5) is 11.1. The monoisotopic (exact) mass is 298 g/mol. The Hall–Kier alpha value is -1.21. The van der Waals surface area contributed by atoms with Crippen molar-refractivity contribution in [3.8, 4) is 0 Å². The number of aromatic nitrogens is 2. The molecule has 0 aliphatic heterocycles. The van der Waals surface area contributed by atoms with Crippen LogP contribution in [0.3, 0.4) is 0 Å². The summed E-state index contributed by atoms with van der Waals surface area (Å²) in [7, 11) is -0.795. The Morgan fingerprint density at radius 3 is 2.84 bits per heavy atom. The summed E-state index contributed by atoms with van der Waals surface area (Å²) in [5.41, 5.74) is 0. The van der Waals surface area contributed by atoms with E-state index in [0.717, 1.165) is 22.6 Å². The highest BCUT2D eigenvalue weighted by Gasteiger charge is 2.10. The predicted molar refractivity (Wildman–Crippen MR) is 83.7 cm³/mol. The van der Waals surface area contributed by atoms with Crippen molar-refractivity contribution in [2.24, 2.45) is 0 Å². The minimum atomic E-state index is -0.795. The van der Waals surface area contributed by atoms with E-state index in [2.05, 4.69) is 33.6 Å². The lowest BCUT2D eigenvalue weighted by atomic mass is 10.3. The molecule has 0 aromatic carbocycles. The van der Waals surface area contributed by atoms with Crippen LogP contribution >= 0.6 is 11.3 Å². The third-order valence-corrected chi connectivity index (χ3v) is 4.26. The number of anilines is 2. The van der Waals surface area contributed by atoms with Crippen LogP contribution in [0.4, 0.5) is 11.8 Å². The van der Waals surface area contributed by atoms with E-state index in [1.165, 1.54) is 4.88 Å². The van der Waals surface area contributed by atoms with Gasteiger partial charge in [0.15, 0.2) is 0 Å². The van der Waals surface area contributed by atoms with Crippen molar-refractivity contribution in [2.45, 2.75) is 13.8 Å². The molecule has 19 heavy (non-hydrogen) atoms. The van der Waals surface area contributed by atoms with Crippen LogP contribution in [0.15, 0.2) is 6.07 Å². The smallest absolute Gasteiger partial charge is 0.226 e. The van der Waals surface area contributed by atoms with Gasteiger partial charge in [-0.15, -0.1) is 11.3 Å². The third kappa shape index (κ3) is 3.63. The maximum absolute atomic E-state index is 11.1. The van der Waals surface area contributed by atoms with E-state index < -0.39 is 10.8 Å². The Kier molecular flexibility index (Phi) is 4.71. The van der Waals surface area contributed by atoms with Gasteiger partial charge in [0.25, 0.3) is 0 Å². The van der Waals surface area contributed by atoms with E-state index in [0.29, 0.717) is 18.2 Å². The van der Waals surface area contributed by atoms with Gasteiger partial charge >= 0.3 is 0 Å². The average Bonchev–Trinajstić information content (AvgIpc) is 2.69. The number of thiophene rings is 1. The molecule has 0 spiro atoms. The van der Waals surface area contributed by atoms with Crippen molar-refractivity contribution >= 4 is 44.1 Å². The molecule has 0 bridgehead atoms. The van der Waals surface area contributed by atoms with Gasteiger partial charge < -0.3 is 10.6 Å². The zero-order valence-electron chi connectivity index (χ0n) is 11.3. The van der Waals surface area contributed by atoms with E-state index in [1.807, 2.05) is 6.92 Å². The maximum Gasteiger partial charge on any atom is 0.226 e. The minimum Gasteiger partial charge on any atom is -0.368 e. The molecule has 7 heteroatoms. The molecular formula is C12H18N4OS2. The molecule has 1 unspecified atom stereocenters. The first-order valence-corrected chi connectivity index (χ1v) is 8.70. The van der Waals surface area contributed by atoms with Gasteiger partial charge in [0.1, 0.15) is 10.6 Å². The highest BCUT2D eigenvalue weighted by atomic mass is 32.2. The van der Waals surface area contributed by atoms with Crippen LogP contribution in [0, 0.1) is 6.92 Å². The average molecular weight is 298 g/mol. The number of hydrogen-bond donors (Lipinski definition) is 2. The number of nitrogens with one attached hydrogen (secondary N) is 2. The summed E-state index contributed by atoms with van der Waals surface area (Å²) < 4.78 is 11.1. The van der Waals surface area contributed by atoms with Crippen molar-refractivity contribution in [3.63, 3.8) is 0 Å². The summed E-state index contributed by atoms with van der Waals surface area (Å²) in [5, 5.41) is 7.42. The Bertz CT molecular complexity index is 597. The molecular weight excluding hydrogens is 280 g/mol. The summed E-state index contributed by atoms with van der Waals surface area (Å²) >= 11 is 1.65. The van der Waals surface area contributed by atoms with E-state index >= 15 is 0 Å². The maximum atomic E-state index is 11.1. The first-order valence-electron chi connectivity index (χ1n) is 6.16. The second-order valence-electron chi connectivity index (χ2n) is 4.21. The molecule has 2 heterocycles. The third-order valence-electron chi connectivity index (χ3n) is 2.53. The van der Waals surface area contributed by atoms with Gasteiger partial charge in [-0.1, -0.05) is 0 Å². The lowest BCUT2D eigenvalue weighted by molar-refractivity contribution is 0.687. The minimum absolute atomic E-state index is 0.616. The molecule has 104 valence electrons. The lowest BCUT2D eigenvalue weighted by Crippen LogP contribution is -2.12. The molecule has 0 aliphatic rings. The molecule has 0 aliphatic carbocycles. The Balaban J connectivity index is 2.30. The molecule has 0 saturated heterocycles. The molecule has 2 rings (SSSR count). The van der Waals surface area contributed by atoms with E-state index in [-0.39, 0.29) is 0 Å². The first-order chi connectivity index (χ1) is 9.10. The molecule has 0 saturated carbocycles. The highest BCUT2D eigenvalue weighted by molar-refractivity contribution is 7.84. The van der Waals surface area contributed by atoms with Crippen molar-refractivity contribution in [1.29, 1.82) is 0 Å². The topological polar surface area (TPSA) is 66.9 Å². The zero-order chi connectivity index (χ0) is 13.8. The molecule has 2 aromatic rings. The van der Waals surface area contributed by atoms with Gasteiger partial charge in [-0.05, 0) is 19.9 Å². The van der Waals surface area contributed by atoms with Crippen LogP contribution in [0.2, 0.25) is 0 Å². The van der Waals surface area contributed by atoms with Crippen molar-refractivity contribution < 1.29 is 4.21 Å². The fraction of sp³-hybridized carbons (Fsp3) is 0.500. The summed E-state index contributed by atoms with van der Waals surface area (Å²) in [6.45, 7) is 5.51. The van der Waals surface area contributed by atoms with Crippen LogP contribution < -0.4 is 10.6 Å². The van der Waals surface area contributed by atoms with Gasteiger partial charge in [0.05, 0.1) is 5.39 Å². The number of hydrogen-bond acceptors (Lipinski definition) is 6. The van der Waals surface area contributed by atoms with Crippen molar-refractivity contribution in [3.05, 3.63) is 10.9 Å². The van der Waals surface area contributed by atoms with Crippen LogP contribution in [-0.4, -0.2) is 39.3 Å².